The highest BCUT2D eigenvalue weighted by Gasteiger charge is 2.35. The number of nitrogens with zero attached hydrogens (tertiary/aromatic N) is 8. The maximum absolute atomic E-state index is 13.6. The third-order valence-corrected chi connectivity index (χ3v) is 5.20. The second-order valence-electron chi connectivity index (χ2n) is 7.02. The predicted octanol–water partition coefficient (Wildman–Crippen LogP) is 4.27. The Hall–Kier alpha value is -3.54. The largest absolute Gasteiger partial charge is 0.477 e. The Labute approximate surface area is 191 Å². The first-order chi connectivity index (χ1) is 15.7. The average Bonchev–Trinajstić information content (AvgIpc) is 3.27. The molecule has 9 nitrogen and oxygen atoms in total. The average molecular weight is 479 g/mol. The van der Waals surface area contributed by atoms with Gasteiger partial charge in [-0.1, -0.05) is 11.6 Å². The van der Waals surface area contributed by atoms with E-state index in [1.165, 1.54) is 17.1 Å². The van der Waals surface area contributed by atoms with Gasteiger partial charge < -0.3 is 9.64 Å². The molecule has 0 saturated heterocycles. The summed E-state index contributed by atoms with van der Waals surface area (Å²) in [6.45, 7) is 4.10. The maximum atomic E-state index is 13.6. The van der Waals surface area contributed by atoms with E-state index in [0.717, 1.165) is 12.4 Å². The number of rotatable bonds is 6. The Morgan fingerprint density at radius 3 is 2.58 bits per heavy atom. The number of alkyl halides is 3. The zero-order valence-corrected chi connectivity index (χ0v) is 18.5. The van der Waals surface area contributed by atoms with Crippen molar-refractivity contribution in [2.75, 3.05) is 18.6 Å². The molecule has 0 aliphatic carbocycles. The van der Waals surface area contributed by atoms with Crippen LogP contribution in [0.1, 0.15) is 31.3 Å². The summed E-state index contributed by atoms with van der Waals surface area (Å²) in [6, 6.07) is 5.13. The van der Waals surface area contributed by atoms with E-state index >= 15 is 0 Å². The zero-order chi connectivity index (χ0) is 23.8. The number of ether oxygens (including phenoxy) is 1. The molecule has 0 radical (unpaired) electrons. The summed E-state index contributed by atoms with van der Waals surface area (Å²) in [4.78, 5) is 14.1. The molecule has 0 aliphatic rings. The topological polar surface area (TPSA) is 94.7 Å². The molecule has 4 aromatic rings. The second kappa shape index (κ2) is 8.77. The van der Waals surface area contributed by atoms with E-state index in [1.54, 1.807) is 24.1 Å². The SMILES string of the molecule is CCOc1ccc(-n2ncnc2[C@H](C)N(C)c2ncnc3c(C(F)(F)F)cc(Cl)cc23)nn1. The molecule has 0 bridgehead atoms. The molecule has 0 aliphatic heterocycles. The van der Waals surface area contributed by atoms with Crippen molar-refractivity contribution < 1.29 is 17.9 Å². The molecule has 1 aromatic carbocycles. The summed E-state index contributed by atoms with van der Waals surface area (Å²) in [5, 5.41) is 12.4. The van der Waals surface area contributed by atoms with Gasteiger partial charge in [0, 0.05) is 23.5 Å². The van der Waals surface area contributed by atoms with Crippen molar-refractivity contribution in [1.82, 2.24) is 34.9 Å². The highest BCUT2D eigenvalue weighted by atomic mass is 35.5. The minimum absolute atomic E-state index is 0.0697. The van der Waals surface area contributed by atoms with E-state index in [0.29, 0.717) is 24.1 Å². The number of aromatic nitrogens is 7. The minimum atomic E-state index is -4.62. The molecular weight excluding hydrogens is 461 g/mol. The molecular formula is C20H18ClF3N8O. The Morgan fingerprint density at radius 2 is 1.91 bits per heavy atom. The van der Waals surface area contributed by atoms with Gasteiger partial charge in [-0.15, -0.1) is 10.2 Å². The monoisotopic (exact) mass is 478 g/mol. The summed E-state index contributed by atoms with van der Waals surface area (Å²) in [6.07, 6.45) is -2.17. The van der Waals surface area contributed by atoms with Crippen LogP contribution < -0.4 is 9.64 Å². The first kappa shape index (κ1) is 22.6. The smallest absolute Gasteiger partial charge is 0.418 e. The molecule has 0 spiro atoms. The summed E-state index contributed by atoms with van der Waals surface area (Å²) in [5.74, 6) is 1.51. The number of hydrogen-bond donors (Lipinski definition) is 0. The van der Waals surface area contributed by atoms with Crippen molar-refractivity contribution in [2.45, 2.75) is 26.1 Å². The van der Waals surface area contributed by atoms with Crippen molar-refractivity contribution >= 4 is 28.3 Å². The fourth-order valence-corrected chi connectivity index (χ4v) is 3.55. The van der Waals surface area contributed by atoms with Gasteiger partial charge in [-0.3, -0.25) is 0 Å². The fourth-order valence-electron chi connectivity index (χ4n) is 3.34. The zero-order valence-electron chi connectivity index (χ0n) is 17.7. The van der Waals surface area contributed by atoms with Crippen LogP contribution in [0.25, 0.3) is 16.7 Å². The van der Waals surface area contributed by atoms with E-state index in [9.17, 15) is 13.2 Å². The van der Waals surface area contributed by atoms with E-state index in [2.05, 4.69) is 30.2 Å². The summed E-state index contributed by atoms with van der Waals surface area (Å²) in [5.41, 5.74) is -1.17. The van der Waals surface area contributed by atoms with Gasteiger partial charge in [-0.2, -0.15) is 23.0 Å². The van der Waals surface area contributed by atoms with Gasteiger partial charge in [0.15, 0.2) is 11.6 Å². The molecule has 4 rings (SSSR count). The lowest BCUT2D eigenvalue weighted by Gasteiger charge is -2.26. The minimum Gasteiger partial charge on any atom is -0.477 e. The quantitative estimate of drug-likeness (QED) is 0.405. The molecule has 3 aromatic heterocycles. The molecule has 13 heteroatoms. The van der Waals surface area contributed by atoms with Crippen molar-refractivity contribution in [3.8, 4) is 11.7 Å². The standard InChI is InChI=1S/C20H18ClF3N8O/c1-4-33-16-6-5-15(29-30-16)32-18(27-10-28-32)11(2)31(3)19-13-7-12(21)8-14(20(22,23)24)17(13)25-9-26-19/h5-11H,4H2,1-3H3/t11-/m0/s1. The van der Waals surface area contributed by atoms with Crippen molar-refractivity contribution in [3.05, 3.63) is 53.3 Å². The highest BCUT2D eigenvalue weighted by Crippen LogP contribution is 2.39. The Morgan fingerprint density at radius 1 is 1.12 bits per heavy atom. The summed E-state index contributed by atoms with van der Waals surface area (Å²) < 4.78 is 47.5. The molecule has 33 heavy (non-hydrogen) atoms. The highest BCUT2D eigenvalue weighted by molar-refractivity contribution is 6.31. The van der Waals surface area contributed by atoms with E-state index < -0.39 is 17.8 Å². The third-order valence-electron chi connectivity index (χ3n) is 4.99. The number of hydrogen-bond acceptors (Lipinski definition) is 8. The normalized spacial score (nSPS) is 12.7. The first-order valence-electron chi connectivity index (χ1n) is 9.81. The fraction of sp³-hybridized carbons (Fsp3) is 0.300. The summed E-state index contributed by atoms with van der Waals surface area (Å²) in [7, 11) is 1.68. The summed E-state index contributed by atoms with van der Waals surface area (Å²) >= 11 is 6.00. The van der Waals surface area contributed by atoms with Crippen molar-refractivity contribution in [2.24, 2.45) is 0 Å². The molecule has 1 atom stereocenters. The lowest BCUT2D eigenvalue weighted by Crippen LogP contribution is -2.26. The molecule has 0 fully saturated rings. The van der Waals surface area contributed by atoms with Crippen LogP contribution in [0.15, 0.2) is 36.9 Å². The van der Waals surface area contributed by atoms with Crippen LogP contribution in [0.2, 0.25) is 5.02 Å². The van der Waals surface area contributed by atoms with Gasteiger partial charge in [0.2, 0.25) is 5.88 Å². The molecule has 0 saturated carbocycles. The van der Waals surface area contributed by atoms with Gasteiger partial charge >= 0.3 is 6.18 Å². The van der Waals surface area contributed by atoms with E-state index in [-0.39, 0.29) is 21.7 Å². The van der Waals surface area contributed by atoms with Gasteiger partial charge in [0.25, 0.3) is 0 Å². The molecule has 0 N–H and O–H groups in total. The molecule has 3 heterocycles. The predicted molar refractivity (Wildman–Crippen MR) is 114 cm³/mol. The van der Waals surface area contributed by atoms with Crippen LogP contribution in [0.3, 0.4) is 0 Å². The third kappa shape index (κ3) is 4.38. The number of anilines is 1. The second-order valence-corrected chi connectivity index (χ2v) is 7.46. The lowest BCUT2D eigenvalue weighted by atomic mass is 10.1. The van der Waals surface area contributed by atoms with Gasteiger partial charge in [-0.05, 0) is 32.0 Å². The van der Waals surface area contributed by atoms with Crippen LogP contribution in [0, 0.1) is 0 Å². The maximum Gasteiger partial charge on any atom is 0.418 e. The van der Waals surface area contributed by atoms with Crippen LogP contribution in [0.5, 0.6) is 5.88 Å². The van der Waals surface area contributed by atoms with Crippen molar-refractivity contribution in [1.29, 1.82) is 0 Å². The first-order valence-corrected chi connectivity index (χ1v) is 10.2. The van der Waals surface area contributed by atoms with Gasteiger partial charge in [0.1, 0.15) is 18.5 Å². The van der Waals surface area contributed by atoms with Crippen LogP contribution >= 0.6 is 11.6 Å². The number of benzene rings is 1. The Balaban J connectivity index is 1.74. The van der Waals surface area contributed by atoms with Gasteiger partial charge in [0.05, 0.1) is 23.7 Å². The molecule has 0 unspecified atom stereocenters. The van der Waals surface area contributed by atoms with Crippen LogP contribution in [-0.2, 0) is 6.18 Å². The van der Waals surface area contributed by atoms with Crippen LogP contribution in [-0.4, -0.2) is 48.6 Å². The Bertz CT molecular complexity index is 1280. The Kier molecular flexibility index (Phi) is 6.02. The van der Waals surface area contributed by atoms with Crippen molar-refractivity contribution in [3.63, 3.8) is 0 Å². The molecule has 172 valence electrons. The van der Waals surface area contributed by atoms with Gasteiger partial charge in [-0.25, -0.2) is 15.0 Å². The number of fused-ring (bicyclic) bond motifs is 1. The number of halogens is 4. The van der Waals surface area contributed by atoms with E-state index in [1.807, 2.05) is 13.8 Å². The molecule has 0 amide bonds. The van der Waals surface area contributed by atoms with E-state index in [4.69, 9.17) is 16.3 Å². The lowest BCUT2D eigenvalue weighted by molar-refractivity contribution is -0.136. The van der Waals surface area contributed by atoms with Crippen LogP contribution in [0.4, 0.5) is 19.0 Å².